The summed E-state index contributed by atoms with van der Waals surface area (Å²) in [5.41, 5.74) is 0.466. The fourth-order valence-corrected chi connectivity index (χ4v) is 1.75. The Hall–Kier alpha value is -1.07. The highest BCUT2D eigenvalue weighted by molar-refractivity contribution is 7.09. The quantitative estimate of drug-likeness (QED) is 0.755. The van der Waals surface area contributed by atoms with E-state index in [2.05, 4.69) is 9.36 Å². The van der Waals surface area contributed by atoms with Crippen LogP contribution in [0.4, 0.5) is 8.78 Å². The molecule has 1 heterocycles. The van der Waals surface area contributed by atoms with Crippen molar-refractivity contribution in [2.75, 3.05) is 0 Å². The maximum atomic E-state index is 12.8. The van der Waals surface area contributed by atoms with Crippen LogP contribution in [0.25, 0.3) is 10.6 Å². The smallest absolute Gasteiger partial charge is 0.205 e. The molecule has 0 spiro atoms. The maximum absolute atomic E-state index is 12.8. The monoisotopic (exact) mass is 232 g/mol. The van der Waals surface area contributed by atoms with E-state index in [9.17, 15) is 8.78 Å². The minimum Gasteiger partial charge on any atom is -0.205 e. The van der Waals surface area contributed by atoms with E-state index >= 15 is 0 Å². The topological polar surface area (TPSA) is 25.8 Å². The van der Waals surface area contributed by atoms with Crippen LogP contribution in [0.3, 0.4) is 0 Å². The minimum atomic E-state index is -0.908. The van der Waals surface area contributed by atoms with Gasteiger partial charge in [0.1, 0.15) is 5.01 Å². The van der Waals surface area contributed by atoms with Crippen molar-refractivity contribution in [2.45, 2.75) is 0 Å². The normalized spacial score (nSPS) is 10.5. The molecule has 0 unspecified atom stereocenters. The zero-order valence-electron chi connectivity index (χ0n) is 6.67. The molecule has 72 valence electrons. The molecular formula is C8H3ClF2N2S. The van der Waals surface area contributed by atoms with Gasteiger partial charge in [-0.3, -0.25) is 0 Å². The third-order valence-electron chi connectivity index (χ3n) is 1.57. The molecule has 0 N–H and O–H groups in total. The maximum Gasteiger partial charge on any atom is 0.234 e. The lowest BCUT2D eigenvalue weighted by Gasteiger charge is -1.95. The van der Waals surface area contributed by atoms with Crippen LogP contribution in [0, 0.1) is 11.6 Å². The SMILES string of the molecule is Fc1ccc(-c2nc(Cl)ns2)cc1F. The first-order valence-electron chi connectivity index (χ1n) is 3.61. The molecule has 0 saturated carbocycles. The third kappa shape index (κ3) is 1.73. The molecule has 2 nitrogen and oxygen atoms in total. The van der Waals surface area contributed by atoms with E-state index in [4.69, 9.17) is 11.6 Å². The first kappa shape index (κ1) is 9.48. The summed E-state index contributed by atoms with van der Waals surface area (Å²) < 4.78 is 29.1. The zero-order valence-corrected chi connectivity index (χ0v) is 8.24. The number of rotatable bonds is 1. The number of halogens is 3. The fourth-order valence-electron chi connectivity index (χ4n) is 0.952. The number of aromatic nitrogens is 2. The van der Waals surface area contributed by atoms with Crippen molar-refractivity contribution in [3.8, 4) is 10.6 Å². The van der Waals surface area contributed by atoms with Crippen LogP contribution < -0.4 is 0 Å². The Morgan fingerprint density at radius 3 is 2.57 bits per heavy atom. The van der Waals surface area contributed by atoms with Crippen LogP contribution in [0.15, 0.2) is 18.2 Å². The first-order valence-corrected chi connectivity index (χ1v) is 4.76. The number of hydrogen-bond acceptors (Lipinski definition) is 3. The molecule has 0 aliphatic rings. The molecule has 6 heteroatoms. The highest BCUT2D eigenvalue weighted by Gasteiger charge is 2.08. The van der Waals surface area contributed by atoms with Gasteiger partial charge in [-0.2, -0.15) is 4.37 Å². The lowest BCUT2D eigenvalue weighted by Crippen LogP contribution is -1.84. The van der Waals surface area contributed by atoms with Gasteiger partial charge in [0.15, 0.2) is 11.6 Å². The summed E-state index contributed by atoms with van der Waals surface area (Å²) in [6, 6.07) is 3.53. The van der Waals surface area contributed by atoms with Crippen LogP contribution in [-0.2, 0) is 0 Å². The molecule has 1 aromatic heterocycles. The molecule has 0 fully saturated rings. The summed E-state index contributed by atoms with van der Waals surface area (Å²) in [5, 5.41) is 0.573. The standard InChI is InChI=1S/C8H3ClF2N2S/c9-8-12-7(14-13-8)4-1-2-5(10)6(11)3-4/h1-3H. The Morgan fingerprint density at radius 2 is 2.00 bits per heavy atom. The van der Waals surface area contributed by atoms with E-state index in [1.807, 2.05) is 0 Å². The molecular weight excluding hydrogens is 230 g/mol. The summed E-state index contributed by atoms with van der Waals surface area (Å²) in [5.74, 6) is -1.79. The first-order chi connectivity index (χ1) is 6.66. The van der Waals surface area contributed by atoms with E-state index in [-0.39, 0.29) is 5.28 Å². The van der Waals surface area contributed by atoms with Gasteiger partial charge in [0, 0.05) is 5.56 Å². The van der Waals surface area contributed by atoms with Gasteiger partial charge in [-0.05, 0) is 41.3 Å². The predicted octanol–water partition coefficient (Wildman–Crippen LogP) is 3.14. The van der Waals surface area contributed by atoms with Crippen molar-refractivity contribution in [1.82, 2.24) is 9.36 Å². The fraction of sp³-hybridized carbons (Fsp3) is 0. The molecule has 1 aromatic carbocycles. The second kappa shape index (κ2) is 3.59. The van der Waals surface area contributed by atoms with E-state index in [1.165, 1.54) is 6.07 Å². The summed E-state index contributed by atoms with van der Waals surface area (Å²) in [6.07, 6.45) is 0. The second-order valence-electron chi connectivity index (χ2n) is 2.50. The van der Waals surface area contributed by atoms with Crippen molar-refractivity contribution < 1.29 is 8.78 Å². The Bertz CT molecular complexity index is 472. The van der Waals surface area contributed by atoms with Gasteiger partial charge in [0.2, 0.25) is 5.28 Å². The van der Waals surface area contributed by atoms with Gasteiger partial charge in [-0.15, -0.1) is 0 Å². The zero-order chi connectivity index (χ0) is 10.1. The highest BCUT2D eigenvalue weighted by atomic mass is 35.5. The number of benzene rings is 1. The summed E-state index contributed by atoms with van der Waals surface area (Å²) >= 11 is 6.54. The van der Waals surface area contributed by atoms with Crippen molar-refractivity contribution >= 4 is 23.1 Å². The average Bonchev–Trinajstić information content (AvgIpc) is 2.57. The van der Waals surface area contributed by atoms with E-state index < -0.39 is 11.6 Å². The van der Waals surface area contributed by atoms with Gasteiger partial charge in [0.05, 0.1) is 0 Å². The molecule has 0 aliphatic carbocycles. The predicted molar refractivity (Wildman–Crippen MR) is 50.3 cm³/mol. The Kier molecular flexibility index (Phi) is 2.43. The summed E-state index contributed by atoms with van der Waals surface area (Å²) in [4.78, 5) is 3.84. The Labute approximate surface area is 87.3 Å². The van der Waals surface area contributed by atoms with Crippen LogP contribution in [-0.4, -0.2) is 9.36 Å². The van der Waals surface area contributed by atoms with Gasteiger partial charge >= 0.3 is 0 Å². The van der Waals surface area contributed by atoms with E-state index in [0.717, 1.165) is 23.7 Å². The lowest BCUT2D eigenvalue weighted by molar-refractivity contribution is 0.509. The molecule has 0 radical (unpaired) electrons. The van der Waals surface area contributed by atoms with Gasteiger partial charge in [-0.25, -0.2) is 13.8 Å². The van der Waals surface area contributed by atoms with E-state index in [0.29, 0.717) is 10.6 Å². The van der Waals surface area contributed by atoms with Gasteiger partial charge in [-0.1, -0.05) is 0 Å². The molecule has 0 bridgehead atoms. The van der Waals surface area contributed by atoms with Gasteiger partial charge in [0.25, 0.3) is 0 Å². The molecule has 2 rings (SSSR count). The van der Waals surface area contributed by atoms with Crippen LogP contribution >= 0.6 is 23.1 Å². The minimum absolute atomic E-state index is 0.106. The van der Waals surface area contributed by atoms with Crippen molar-refractivity contribution in [3.63, 3.8) is 0 Å². The van der Waals surface area contributed by atoms with Crippen LogP contribution in [0.5, 0.6) is 0 Å². The molecule has 2 aromatic rings. The second-order valence-corrected chi connectivity index (χ2v) is 3.59. The highest BCUT2D eigenvalue weighted by Crippen LogP contribution is 2.24. The molecule has 0 amide bonds. The van der Waals surface area contributed by atoms with E-state index in [1.54, 1.807) is 0 Å². The Morgan fingerprint density at radius 1 is 1.21 bits per heavy atom. The lowest BCUT2D eigenvalue weighted by atomic mass is 10.2. The summed E-state index contributed by atoms with van der Waals surface area (Å²) in [7, 11) is 0. The van der Waals surface area contributed by atoms with Crippen molar-refractivity contribution in [3.05, 3.63) is 35.1 Å². The molecule has 0 saturated heterocycles. The average molecular weight is 233 g/mol. The summed E-state index contributed by atoms with van der Waals surface area (Å²) in [6.45, 7) is 0. The Balaban J connectivity index is 2.47. The van der Waals surface area contributed by atoms with Crippen molar-refractivity contribution in [2.24, 2.45) is 0 Å². The van der Waals surface area contributed by atoms with Crippen LogP contribution in [0.2, 0.25) is 5.28 Å². The van der Waals surface area contributed by atoms with Gasteiger partial charge < -0.3 is 0 Å². The van der Waals surface area contributed by atoms with Crippen molar-refractivity contribution in [1.29, 1.82) is 0 Å². The van der Waals surface area contributed by atoms with Crippen LogP contribution in [0.1, 0.15) is 0 Å². The third-order valence-corrected chi connectivity index (χ3v) is 2.60. The molecule has 0 atom stereocenters. The largest absolute Gasteiger partial charge is 0.234 e. The molecule has 14 heavy (non-hydrogen) atoms. The molecule has 0 aliphatic heterocycles. The number of nitrogens with zero attached hydrogens (tertiary/aromatic N) is 2. The number of hydrogen-bond donors (Lipinski definition) is 0.